The maximum absolute atomic E-state index is 12.7. The molecular formula is C20H32N6OS. The van der Waals surface area contributed by atoms with E-state index in [1.54, 1.807) is 11.3 Å². The molecule has 2 aromatic heterocycles. The van der Waals surface area contributed by atoms with Crippen molar-refractivity contribution in [3.63, 3.8) is 0 Å². The predicted octanol–water partition coefficient (Wildman–Crippen LogP) is 2.78. The van der Waals surface area contributed by atoms with E-state index in [1.807, 2.05) is 29.1 Å². The van der Waals surface area contributed by atoms with Gasteiger partial charge in [-0.2, -0.15) is 0 Å². The summed E-state index contributed by atoms with van der Waals surface area (Å²) in [6.07, 6.45) is 8.19. The molecule has 0 aliphatic carbocycles. The zero-order chi connectivity index (χ0) is 19.8. The Morgan fingerprint density at radius 3 is 2.61 bits per heavy atom. The molecule has 0 bridgehead atoms. The van der Waals surface area contributed by atoms with Gasteiger partial charge >= 0.3 is 0 Å². The van der Waals surface area contributed by atoms with Gasteiger partial charge in [0.1, 0.15) is 0 Å². The summed E-state index contributed by atoms with van der Waals surface area (Å²) in [5, 5.41) is 13.6. The lowest BCUT2D eigenvalue weighted by Crippen LogP contribution is -2.45. The van der Waals surface area contributed by atoms with Crippen LogP contribution in [0, 0.1) is 5.92 Å². The van der Waals surface area contributed by atoms with Gasteiger partial charge in [0.2, 0.25) is 16.2 Å². The van der Waals surface area contributed by atoms with E-state index < -0.39 is 0 Å². The van der Waals surface area contributed by atoms with Crippen molar-refractivity contribution in [2.75, 3.05) is 44.2 Å². The Morgan fingerprint density at radius 2 is 1.89 bits per heavy atom. The summed E-state index contributed by atoms with van der Waals surface area (Å²) in [6, 6.07) is 3.95. The number of nitrogens with zero attached hydrogens (tertiary/aromatic N) is 5. The highest BCUT2D eigenvalue weighted by Gasteiger charge is 2.27. The van der Waals surface area contributed by atoms with Crippen LogP contribution in [0.5, 0.6) is 0 Å². The SMILES string of the molecule is CCCN(CCC)CCNC(=O)[C@H]1CCCN(c2nnc(-n3cccc3)s2)C1. The Bertz CT molecular complexity index is 710. The van der Waals surface area contributed by atoms with Crippen LogP contribution in [0.15, 0.2) is 24.5 Å². The molecular weight excluding hydrogens is 372 g/mol. The Kier molecular flexibility index (Phi) is 7.85. The lowest BCUT2D eigenvalue weighted by atomic mass is 9.97. The van der Waals surface area contributed by atoms with Gasteiger partial charge in [-0.05, 0) is 50.9 Å². The molecule has 3 rings (SSSR count). The number of carbonyl (C=O) groups excluding carboxylic acids is 1. The van der Waals surface area contributed by atoms with Crippen LogP contribution >= 0.6 is 11.3 Å². The third-order valence-corrected chi connectivity index (χ3v) is 6.10. The van der Waals surface area contributed by atoms with Gasteiger partial charge in [-0.25, -0.2) is 0 Å². The summed E-state index contributed by atoms with van der Waals surface area (Å²) in [5.74, 6) is 0.200. The molecule has 0 aromatic carbocycles. The maximum atomic E-state index is 12.7. The summed E-state index contributed by atoms with van der Waals surface area (Å²) >= 11 is 1.57. The Hall–Kier alpha value is -1.93. The van der Waals surface area contributed by atoms with Crippen LogP contribution in [0.25, 0.3) is 5.13 Å². The van der Waals surface area contributed by atoms with E-state index in [0.29, 0.717) is 0 Å². The van der Waals surface area contributed by atoms with Crippen LogP contribution in [-0.2, 0) is 4.79 Å². The molecule has 1 amide bonds. The number of hydrogen-bond acceptors (Lipinski definition) is 6. The van der Waals surface area contributed by atoms with Crippen molar-refractivity contribution >= 4 is 22.4 Å². The van der Waals surface area contributed by atoms with Crippen molar-refractivity contribution in [3.8, 4) is 5.13 Å². The molecule has 1 atom stereocenters. The normalized spacial score (nSPS) is 17.2. The minimum absolute atomic E-state index is 0.0264. The molecule has 1 aliphatic heterocycles. The minimum atomic E-state index is 0.0264. The molecule has 3 heterocycles. The fraction of sp³-hybridized carbons (Fsp3) is 0.650. The van der Waals surface area contributed by atoms with Crippen LogP contribution in [0.1, 0.15) is 39.5 Å². The second kappa shape index (κ2) is 10.6. The van der Waals surface area contributed by atoms with Gasteiger partial charge in [-0.3, -0.25) is 9.36 Å². The highest BCUT2D eigenvalue weighted by Crippen LogP contribution is 2.27. The lowest BCUT2D eigenvalue weighted by Gasteiger charge is -2.31. The van der Waals surface area contributed by atoms with Crippen LogP contribution < -0.4 is 10.2 Å². The van der Waals surface area contributed by atoms with Gasteiger partial charge in [-0.15, -0.1) is 10.2 Å². The second-order valence-corrected chi connectivity index (χ2v) is 8.31. The Labute approximate surface area is 171 Å². The molecule has 0 saturated carbocycles. The maximum Gasteiger partial charge on any atom is 0.224 e. The van der Waals surface area contributed by atoms with Crippen molar-refractivity contribution in [3.05, 3.63) is 24.5 Å². The van der Waals surface area contributed by atoms with Crippen molar-refractivity contribution in [1.82, 2.24) is 25.0 Å². The van der Waals surface area contributed by atoms with Gasteiger partial charge in [-0.1, -0.05) is 25.2 Å². The molecule has 28 heavy (non-hydrogen) atoms. The summed E-state index contributed by atoms with van der Waals surface area (Å²) in [6.45, 7) is 9.92. The quantitative estimate of drug-likeness (QED) is 0.660. The lowest BCUT2D eigenvalue weighted by molar-refractivity contribution is -0.125. The molecule has 7 nitrogen and oxygen atoms in total. The Morgan fingerprint density at radius 1 is 1.18 bits per heavy atom. The fourth-order valence-corrected chi connectivity index (χ4v) is 4.57. The Balaban J connectivity index is 1.49. The molecule has 2 aromatic rings. The van der Waals surface area contributed by atoms with E-state index in [0.717, 1.165) is 75.2 Å². The zero-order valence-electron chi connectivity index (χ0n) is 17.0. The number of carbonyl (C=O) groups is 1. The third kappa shape index (κ3) is 5.54. The summed E-state index contributed by atoms with van der Waals surface area (Å²) in [4.78, 5) is 17.3. The van der Waals surface area contributed by atoms with Crippen LogP contribution in [0.3, 0.4) is 0 Å². The number of nitrogens with one attached hydrogen (secondary N) is 1. The molecule has 1 fully saturated rings. The summed E-state index contributed by atoms with van der Waals surface area (Å²) < 4.78 is 1.97. The van der Waals surface area contributed by atoms with Crippen LogP contribution in [0.2, 0.25) is 0 Å². The number of aromatic nitrogens is 3. The van der Waals surface area contributed by atoms with Crippen molar-refractivity contribution in [2.45, 2.75) is 39.5 Å². The van der Waals surface area contributed by atoms with E-state index in [-0.39, 0.29) is 11.8 Å². The number of piperidine rings is 1. The standard InChI is InChI=1S/C20H32N6OS/c1-3-10-24(11-4-2)15-9-21-18(27)17-8-7-14-26(16-17)20-23-22-19(28-20)25-12-5-6-13-25/h5-6,12-13,17H,3-4,7-11,14-16H2,1-2H3,(H,21,27)/t17-/m0/s1. The molecule has 1 aliphatic rings. The van der Waals surface area contributed by atoms with Crippen LogP contribution in [0.4, 0.5) is 5.13 Å². The van der Waals surface area contributed by atoms with Crippen molar-refractivity contribution < 1.29 is 4.79 Å². The van der Waals surface area contributed by atoms with Crippen molar-refractivity contribution in [1.29, 1.82) is 0 Å². The zero-order valence-corrected chi connectivity index (χ0v) is 17.8. The molecule has 0 radical (unpaired) electrons. The van der Waals surface area contributed by atoms with Crippen molar-refractivity contribution in [2.24, 2.45) is 5.92 Å². The summed E-state index contributed by atoms with van der Waals surface area (Å²) in [5.41, 5.74) is 0. The molecule has 1 N–H and O–H groups in total. The van der Waals surface area contributed by atoms with E-state index in [2.05, 4.69) is 39.2 Å². The van der Waals surface area contributed by atoms with Gasteiger partial charge < -0.3 is 15.1 Å². The third-order valence-electron chi connectivity index (χ3n) is 5.10. The molecule has 0 spiro atoms. The molecule has 8 heteroatoms. The number of hydrogen-bond donors (Lipinski definition) is 1. The average Bonchev–Trinajstić information content (AvgIpc) is 3.40. The molecule has 1 saturated heterocycles. The first-order valence-corrected chi connectivity index (χ1v) is 11.2. The summed E-state index contributed by atoms with van der Waals surface area (Å²) in [7, 11) is 0. The number of rotatable bonds is 10. The van der Waals surface area contributed by atoms with E-state index in [9.17, 15) is 4.79 Å². The highest BCUT2D eigenvalue weighted by atomic mass is 32.1. The van der Waals surface area contributed by atoms with Gasteiger partial charge in [0.15, 0.2) is 0 Å². The van der Waals surface area contributed by atoms with Gasteiger partial charge in [0.05, 0.1) is 5.92 Å². The topological polar surface area (TPSA) is 66.3 Å². The molecule has 0 unspecified atom stereocenters. The smallest absolute Gasteiger partial charge is 0.224 e. The fourth-order valence-electron chi connectivity index (χ4n) is 3.72. The average molecular weight is 405 g/mol. The minimum Gasteiger partial charge on any atom is -0.355 e. The monoisotopic (exact) mass is 404 g/mol. The van der Waals surface area contributed by atoms with Crippen LogP contribution in [-0.4, -0.2) is 64.8 Å². The van der Waals surface area contributed by atoms with Gasteiger partial charge in [0, 0.05) is 38.6 Å². The first kappa shape index (κ1) is 20.8. The highest BCUT2D eigenvalue weighted by molar-refractivity contribution is 7.17. The number of amides is 1. The number of anilines is 1. The predicted molar refractivity (Wildman–Crippen MR) is 114 cm³/mol. The second-order valence-electron chi connectivity index (χ2n) is 7.38. The first-order valence-electron chi connectivity index (χ1n) is 10.4. The first-order chi connectivity index (χ1) is 13.7. The van der Waals surface area contributed by atoms with E-state index in [4.69, 9.17) is 0 Å². The van der Waals surface area contributed by atoms with Gasteiger partial charge in [0.25, 0.3) is 0 Å². The van der Waals surface area contributed by atoms with E-state index >= 15 is 0 Å². The van der Waals surface area contributed by atoms with E-state index in [1.165, 1.54) is 0 Å². The molecule has 154 valence electrons. The largest absolute Gasteiger partial charge is 0.355 e.